The van der Waals surface area contributed by atoms with E-state index in [1.54, 1.807) is 0 Å². The van der Waals surface area contributed by atoms with Gasteiger partial charge in [-0.25, -0.2) is 0 Å². The molecule has 0 bridgehead atoms. The van der Waals surface area contributed by atoms with Gasteiger partial charge in [0.2, 0.25) is 0 Å². The average molecular weight is 519 g/mol. The van der Waals surface area contributed by atoms with Crippen molar-refractivity contribution in [1.82, 2.24) is 0 Å². The number of hydrogen-bond acceptors (Lipinski definition) is 4. The predicted octanol–water partition coefficient (Wildman–Crippen LogP) is 7.95. The summed E-state index contributed by atoms with van der Waals surface area (Å²) in [6.07, 6.45) is 12.6. The molecule has 0 fully saturated rings. The maximum atomic E-state index is 10.8. The van der Waals surface area contributed by atoms with Gasteiger partial charge in [0, 0.05) is 29.3 Å². The van der Waals surface area contributed by atoms with Crippen molar-refractivity contribution in [2.75, 3.05) is 0 Å². The van der Waals surface area contributed by atoms with E-state index in [2.05, 4.69) is 38.1 Å². The number of carbonyl (C=O) groups excluding carboxylic acids is 2. The number of para-hydroxylation sites is 2. The van der Waals surface area contributed by atoms with Crippen LogP contribution in [0.2, 0.25) is 0 Å². The van der Waals surface area contributed by atoms with E-state index >= 15 is 0 Å². The Morgan fingerprint density at radius 3 is 1.43 bits per heavy atom. The second-order valence-corrected chi connectivity index (χ2v) is 8.70. The van der Waals surface area contributed by atoms with Gasteiger partial charge in [0.05, 0.1) is 22.8 Å². The van der Waals surface area contributed by atoms with Crippen molar-refractivity contribution < 1.29 is 26.1 Å². The van der Waals surface area contributed by atoms with E-state index in [1.807, 2.05) is 24.3 Å². The first-order valence-electron chi connectivity index (χ1n) is 12.9. The minimum Gasteiger partial charge on any atom is -0.303 e. The summed E-state index contributed by atoms with van der Waals surface area (Å²) in [6, 6.07) is 16.5. The summed E-state index contributed by atoms with van der Waals surface area (Å²) in [4.78, 5) is 31.9. The number of nitrogens with zero attached hydrogens (tertiary/aromatic N) is 2. The summed E-state index contributed by atoms with van der Waals surface area (Å²) in [5.41, 5.74) is 6.48. The standard InChI is InChI=1S/C30H40N2O2.Ni/c1-3-5-19-29(31-27-21-9-7-15-25(27)17-11-13-23-33)30(20-6-4-2)32-28-22-10-8-16-26(28)18-12-14-24-34;/h7-10,15-16,21-24H,3-6,11-14,17-20H2,1-2H3;. The van der Waals surface area contributed by atoms with Gasteiger partial charge >= 0.3 is 0 Å². The minimum absolute atomic E-state index is 0. The molecular weight excluding hydrogens is 479 g/mol. The fourth-order valence-electron chi connectivity index (χ4n) is 3.92. The van der Waals surface area contributed by atoms with Crippen LogP contribution in [0.4, 0.5) is 11.4 Å². The van der Waals surface area contributed by atoms with Crippen LogP contribution in [0.3, 0.4) is 0 Å². The van der Waals surface area contributed by atoms with Crippen molar-refractivity contribution in [3.8, 4) is 0 Å². The number of aldehydes is 2. The Balaban J connectivity index is 0.00000612. The molecule has 4 nitrogen and oxygen atoms in total. The van der Waals surface area contributed by atoms with Crippen molar-refractivity contribution in [2.45, 2.75) is 90.9 Å². The normalized spacial score (nSPS) is 11.7. The summed E-state index contributed by atoms with van der Waals surface area (Å²) in [5, 5.41) is 0. The number of unbranched alkanes of at least 4 members (excludes halogenated alkanes) is 4. The van der Waals surface area contributed by atoms with Crippen LogP contribution in [0.1, 0.15) is 89.2 Å². The van der Waals surface area contributed by atoms with Crippen LogP contribution >= 0.6 is 0 Å². The van der Waals surface area contributed by atoms with Gasteiger partial charge < -0.3 is 9.59 Å². The molecule has 0 aromatic heterocycles. The second kappa shape index (κ2) is 18.9. The topological polar surface area (TPSA) is 58.9 Å². The Morgan fingerprint density at radius 2 is 1.06 bits per heavy atom. The summed E-state index contributed by atoms with van der Waals surface area (Å²) in [5.74, 6) is 0. The number of benzene rings is 2. The smallest absolute Gasteiger partial charge is 0.120 e. The van der Waals surface area contributed by atoms with Crippen LogP contribution < -0.4 is 0 Å². The number of aliphatic imine (C=N–C) groups is 2. The fourth-order valence-corrected chi connectivity index (χ4v) is 3.92. The average Bonchev–Trinajstić information content (AvgIpc) is 2.86. The minimum atomic E-state index is 0. The molecule has 2 aromatic carbocycles. The first-order chi connectivity index (χ1) is 16.7. The monoisotopic (exact) mass is 518 g/mol. The van der Waals surface area contributed by atoms with Crippen molar-refractivity contribution in [3.05, 3.63) is 59.7 Å². The Bertz CT molecular complexity index is 875. The zero-order valence-electron chi connectivity index (χ0n) is 21.3. The molecule has 192 valence electrons. The molecule has 35 heavy (non-hydrogen) atoms. The van der Waals surface area contributed by atoms with Gasteiger partial charge in [0.1, 0.15) is 12.6 Å². The molecule has 0 N–H and O–H groups in total. The molecule has 5 heteroatoms. The SMILES string of the molecule is CCCCC(=Nc1ccccc1CCCC=O)C(CCCC)=Nc1ccccc1CCCC=O.[Ni]. The molecule has 0 atom stereocenters. The molecule has 0 spiro atoms. The zero-order valence-corrected chi connectivity index (χ0v) is 22.3. The summed E-state index contributed by atoms with van der Waals surface area (Å²) < 4.78 is 0. The van der Waals surface area contributed by atoms with E-state index in [-0.39, 0.29) is 16.5 Å². The first kappa shape index (κ1) is 30.6. The number of rotatable bonds is 17. The summed E-state index contributed by atoms with van der Waals surface area (Å²) >= 11 is 0. The van der Waals surface area contributed by atoms with Crippen molar-refractivity contribution in [2.24, 2.45) is 9.98 Å². The van der Waals surface area contributed by atoms with Gasteiger partial charge in [0.15, 0.2) is 0 Å². The van der Waals surface area contributed by atoms with E-state index < -0.39 is 0 Å². The first-order valence-corrected chi connectivity index (χ1v) is 12.9. The van der Waals surface area contributed by atoms with Gasteiger partial charge in [-0.1, -0.05) is 63.1 Å². The molecule has 0 unspecified atom stereocenters. The summed E-state index contributed by atoms with van der Waals surface area (Å²) in [6.45, 7) is 4.41. The van der Waals surface area contributed by atoms with E-state index in [0.29, 0.717) is 12.8 Å². The molecule has 2 aromatic rings. The predicted molar refractivity (Wildman–Crippen MR) is 144 cm³/mol. The number of aryl methyl sites for hydroxylation is 2. The Morgan fingerprint density at radius 1 is 0.657 bits per heavy atom. The van der Waals surface area contributed by atoms with E-state index in [4.69, 9.17) is 9.98 Å². The van der Waals surface area contributed by atoms with Crippen LogP contribution in [0.25, 0.3) is 0 Å². The Hall–Kier alpha value is -2.39. The van der Waals surface area contributed by atoms with Gasteiger partial charge in [-0.2, -0.15) is 0 Å². The van der Waals surface area contributed by atoms with Gasteiger partial charge in [-0.3, -0.25) is 9.98 Å². The maximum Gasteiger partial charge on any atom is 0.120 e. The van der Waals surface area contributed by atoms with Crippen LogP contribution in [-0.2, 0) is 38.9 Å². The van der Waals surface area contributed by atoms with Gasteiger partial charge in [-0.05, 0) is 74.6 Å². The molecule has 0 aliphatic heterocycles. The third kappa shape index (κ3) is 11.3. The molecular formula is C30H40N2NiO2. The molecule has 2 rings (SSSR count). The van der Waals surface area contributed by atoms with Crippen molar-refractivity contribution >= 4 is 35.4 Å². The van der Waals surface area contributed by atoms with Crippen LogP contribution in [0.5, 0.6) is 0 Å². The quantitative estimate of drug-likeness (QED) is 0.0922. The summed E-state index contributed by atoms with van der Waals surface area (Å²) in [7, 11) is 0. The largest absolute Gasteiger partial charge is 0.303 e. The van der Waals surface area contributed by atoms with Crippen LogP contribution in [0, 0.1) is 0 Å². The second-order valence-electron chi connectivity index (χ2n) is 8.70. The van der Waals surface area contributed by atoms with Crippen molar-refractivity contribution in [3.63, 3.8) is 0 Å². The fraction of sp³-hybridized carbons (Fsp3) is 0.467. The molecule has 0 saturated heterocycles. The van der Waals surface area contributed by atoms with Gasteiger partial charge in [0.25, 0.3) is 0 Å². The van der Waals surface area contributed by atoms with E-state index in [9.17, 15) is 9.59 Å². The van der Waals surface area contributed by atoms with E-state index in [1.165, 1.54) is 11.1 Å². The number of carbonyl (C=O) groups is 2. The Labute approximate surface area is 221 Å². The maximum absolute atomic E-state index is 10.8. The Kier molecular flexibility index (Phi) is 16.5. The molecule has 0 aliphatic rings. The molecule has 0 radical (unpaired) electrons. The molecule has 0 amide bonds. The third-order valence-corrected chi connectivity index (χ3v) is 5.90. The van der Waals surface area contributed by atoms with Gasteiger partial charge in [-0.15, -0.1) is 0 Å². The van der Waals surface area contributed by atoms with Crippen LogP contribution in [0.15, 0.2) is 58.5 Å². The zero-order chi connectivity index (χ0) is 24.4. The number of hydrogen-bond donors (Lipinski definition) is 0. The molecule has 0 heterocycles. The van der Waals surface area contributed by atoms with Crippen LogP contribution in [-0.4, -0.2) is 24.0 Å². The molecule has 0 saturated carbocycles. The van der Waals surface area contributed by atoms with Crippen molar-refractivity contribution in [1.29, 1.82) is 0 Å². The third-order valence-electron chi connectivity index (χ3n) is 5.90. The molecule has 0 aliphatic carbocycles. The van der Waals surface area contributed by atoms with E-state index in [0.717, 1.165) is 99.6 Å².